The molecule has 1 aromatic rings. The van der Waals surface area contributed by atoms with Crippen molar-refractivity contribution < 1.29 is 14.3 Å². The Morgan fingerprint density at radius 1 is 1.23 bits per heavy atom. The first-order valence-electron chi connectivity index (χ1n) is 3.69. The van der Waals surface area contributed by atoms with Crippen molar-refractivity contribution in [2.24, 2.45) is 0 Å². The smallest absolute Gasteiger partial charge is 0.150 e. The Balaban J connectivity index is 3.28. The maximum atomic E-state index is 10.5. The Labute approximate surface area is 78.1 Å². The van der Waals surface area contributed by atoms with Crippen LogP contribution in [0.5, 0.6) is 11.5 Å². The Hall–Kier alpha value is -1.45. The molecule has 0 heterocycles. The molecule has 0 aliphatic carbocycles. The topological polar surface area (TPSA) is 35.5 Å². The minimum Gasteiger partial charge on any atom is -0.497 e. The number of hydrogen-bond acceptors (Lipinski definition) is 3. The predicted molar refractivity (Wildman–Crippen MR) is 50.3 cm³/mol. The summed E-state index contributed by atoms with van der Waals surface area (Å²) in [5, 5.41) is 0. The summed E-state index contributed by atoms with van der Waals surface area (Å²) in [4.78, 5) is 10.5. The third-order valence-electron chi connectivity index (χ3n) is 1.70. The number of ether oxygens (including phenoxy) is 2. The van der Waals surface area contributed by atoms with Gasteiger partial charge in [0.25, 0.3) is 0 Å². The molecule has 2 radical (unpaired) electrons. The van der Waals surface area contributed by atoms with Gasteiger partial charge in [-0.05, 0) is 17.6 Å². The van der Waals surface area contributed by atoms with Crippen molar-refractivity contribution in [1.82, 2.24) is 0 Å². The quantitative estimate of drug-likeness (QED) is 0.491. The summed E-state index contributed by atoms with van der Waals surface area (Å²) < 4.78 is 9.93. The lowest BCUT2D eigenvalue weighted by Gasteiger charge is -2.10. The molecule has 0 aromatic heterocycles. The molecule has 0 atom stereocenters. The van der Waals surface area contributed by atoms with Gasteiger partial charge in [-0.2, -0.15) is 0 Å². The Kier molecular flexibility index (Phi) is 2.95. The van der Waals surface area contributed by atoms with Gasteiger partial charge in [0.05, 0.1) is 14.2 Å². The molecule has 3 nitrogen and oxygen atoms in total. The molecule has 0 unspecified atom stereocenters. The van der Waals surface area contributed by atoms with Gasteiger partial charge < -0.3 is 9.47 Å². The number of hydrogen-bond donors (Lipinski definition) is 0. The molecule has 1 rings (SSSR count). The third kappa shape index (κ3) is 1.83. The third-order valence-corrected chi connectivity index (χ3v) is 1.70. The lowest BCUT2D eigenvalue weighted by Crippen LogP contribution is -2.11. The summed E-state index contributed by atoms with van der Waals surface area (Å²) in [5.74, 6) is 0.892. The maximum Gasteiger partial charge on any atom is 0.150 e. The van der Waals surface area contributed by atoms with Crippen LogP contribution < -0.4 is 14.9 Å². The van der Waals surface area contributed by atoms with Crippen molar-refractivity contribution in [3.8, 4) is 11.5 Å². The number of aldehydes is 1. The molecule has 0 amide bonds. The highest BCUT2D eigenvalue weighted by atomic mass is 16.5. The number of carbonyl (C=O) groups is 1. The van der Waals surface area contributed by atoms with E-state index < -0.39 is 0 Å². The van der Waals surface area contributed by atoms with E-state index in [0.29, 0.717) is 28.8 Å². The van der Waals surface area contributed by atoms with Crippen LogP contribution in [-0.2, 0) is 0 Å². The van der Waals surface area contributed by atoms with E-state index in [1.807, 2.05) is 0 Å². The normalized spacial score (nSPS) is 9.38. The van der Waals surface area contributed by atoms with Crippen molar-refractivity contribution in [1.29, 1.82) is 0 Å². The number of carbonyl (C=O) groups excluding carboxylic acids is 1. The molecular formula is C9H9BO3. The van der Waals surface area contributed by atoms with Gasteiger partial charge in [0.2, 0.25) is 0 Å². The first-order chi connectivity index (χ1) is 6.22. The van der Waals surface area contributed by atoms with E-state index >= 15 is 0 Å². The standard InChI is InChI=1S/C9H9BO3/c1-12-7-3-6(5-11)4-8(13-2)9(7)10/h3-5H,1-2H3. The molecule has 13 heavy (non-hydrogen) atoms. The summed E-state index contributed by atoms with van der Waals surface area (Å²) in [7, 11) is 8.63. The molecular weight excluding hydrogens is 167 g/mol. The van der Waals surface area contributed by atoms with Crippen molar-refractivity contribution in [3.05, 3.63) is 17.7 Å². The van der Waals surface area contributed by atoms with Crippen LogP contribution in [0.1, 0.15) is 10.4 Å². The second-order valence-corrected chi connectivity index (χ2v) is 2.46. The van der Waals surface area contributed by atoms with Crippen LogP contribution in [0.25, 0.3) is 0 Å². The fourth-order valence-corrected chi connectivity index (χ4v) is 1.03. The van der Waals surface area contributed by atoms with E-state index in [4.69, 9.17) is 17.3 Å². The van der Waals surface area contributed by atoms with E-state index in [2.05, 4.69) is 0 Å². The SMILES string of the molecule is [B]c1c(OC)cc(C=O)cc1OC. The van der Waals surface area contributed by atoms with Crippen molar-refractivity contribution in [2.75, 3.05) is 14.2 Å². The average molecular weight is 176 g/mol. The first kappa shape index (κ1) is 9.64. The van der Waals surface area contributed by atoms with Gasteiger partial charge in [-0.15, -0.1) is 0 Å². The molecule has 66 valence electrons. The van der Waals surface area contributed by atoms with Crippen LogP contribution >= 0.6 is 0 Å². The van der Waals surface area contributed by atoms with Crippen molar-refractivity contribution in [2.45, 2.75) is 0 Å². The Bertz CT molecular complexity index is 298. The molecule has 0 fully saturated rings. The number of methoxy groups -OCH3 is 2. The molecule has 0 aliphatic heterocycles. The van der Waals surface area contributed by atoms with E-state index in [1.165, 1.54) is 14.2 Å². The minimum absolute atomic E-state index is 0.399. The van der Waals surface area contributed by atoms with E-state index in [1.54, 1.807) is 12.1 Å². The minimum atomic E-state index is 0.399. The van der Waals surface area contributed by atoms with Gasteiger partial charge in [-0.3, -0.25) is 4.79 Å². The second-order valence-electron chi connectivity index (χ2n) is 2.46. The van der Waals surface area contributed by atoms with E-state index in [9.17, 15) is 4.79 Å². The zero-order chi connectivity index (χ0) is 9.84. The number of benzene rings is 1. The molecule has 0 spiro atoms. The molecule has 0 aliphatic rings. The highest BCUT2D eigenvalue weighted by molar-refractivity contribution is 6.36. The molecule has 0 saturated carbocycles. The zero-order valence-corrected chi connectivity index (χ0v) is 7.53. The van der Waals surface area contributed by atoms with E-state index in [0.717, 1.165) is 0 Å². The highest BCUT2D eigenvalue weighted by Crippen LogP contribution is 2.17. The van der Waals surface area contributed by atoms with Crippen LogP contribution in [0.2, 0.25) is 0 Å². The molecule has 0 N–H and O–H groups in total. The lowest BCUT2D eigenvalue weighted by molar-refractivity contribution is 0.112. The van der Waals surface area contributed by atoms with Crippen LogP contribution in [0.4, 0.5) is 0 Å². The van der Waals surface area contributed by atoms with Gasteiger partial charge in [-0.25, -0.2) is 0 Å². The Morgan fingerprint density at radius 2 is 1.69 bits per heavy atom. The van der Waals surface area contributed by atoms with Crippen LogP contribution in [0.15, 0.2) is 12.1 Å². The predicted octanol–water partition coefficient (Wildman–Crippen LogP) is 0.310. The summed E-state index contributed by atoms with van der Waals surface area (Å²) in [6.45, 7) is 0. The molecule has 4 heteroatoms. The monoisotopic (exact) mass is 176 g/mol. The lowest BCUT2D eigenvalue weighted by atomic mass is 9.92. The summed E-state index contributed by atoms with van der Waals surface area (Å²) in [5.41, 5.74) is 0.874. The van der Waals surface area contributed by atoms with Crippen LogP contribution in [-0.4, -0.2) is 28.4 Å². The Morgan fingerprint density at radius 3 is 2.00 bits per heavy atom. The van der Waals surface area contributed by atoms with Gasteiger partial charge in [0.15, 0.2) is 0 Å². The summed E-state index contributed by atoms with van der Waals surface area (Å²) in [6.07, 6.45) is 0.713. The molecule has 0 bridgehead atoms. The maximum absolute atomic E-state index is 10.5. The molecule has 0 saturated heterocycles. The van der Waals surface area contributed by atoms with Gasteiger partial charge in [-0.1, -0.05) is 0 Å². The average Bonchev–Trinajstić information content (AvgIpc) is 2.18. The fraction of sp³-hybridized carbons (Fsp3) is 0.222. The summed E-state index contributed by atoms with van der Waals surface area (Å²) >= 11 is 0. The van der Waals surface area contributed by atoms with Gasteiger partial charge >= 0.3 is 0 Å². The van der Waals surface area contributed by atoms with E-state index in [-0.39, 0.29) is 0 Å². The summed E-state index contributed by atoms with van der Waals surface area (Å²) in [6, 6.07) is 3.12. The molecule has 1 aromatic carbocycles. The van der Waals surface area contributed by atoms with Crippen LogP contribution in [0, 0.1) is 0 Å². The van der Waals surface area contributed by atoms with Crippen LogP contribution in [0.3, 0.4) is 0 Å². The second kappa shape index (κ2) is 3.98. The highest BCUT2D eigenvalue weighted by Gasteiger charge is 2.06. The van der Waals surface area contributed by atoms with Gasteiger partial charge in [0.1, 0.15) is 25.6 Å². The van der Waals surface area contributed by atoms with Gasteiger partial charge in [0, 0.05) is 5.56 Å². The first-order valence-corrected chi connectivity index (χ1v) is 3.69. The largest absolute Gasteiger partial charge is 0.497 e. The fourth-order valence-electron chi connectivity index (χ4n) is 1.03. The zero-order valence-electron chi connectivity index (χ0n) is 7.53. The van der Waals surface area contributed by atoms with Crippen molar-refractivity contribution >= 4 is 19.6 Å². The number of rotatable bonds is 3. The van der Waals surface area contributed by atoms with Crippen molar-refractivity contribution in [3.63, 3.8) is 0 Å².